The molecule has 0 aliphatic heterocycles. The molecular weight excluding hydrogens is 314 g/mol. The van der Waals surface area contributed by atoms with Gasteiger partial charge < -0.3 is 10.4 Å². The second-order valence-corrected chi connectivity index (χ2v) is 4.33. The van der Waals surface area contributed by atoms with Crippen LogP contribution in [-0.2, 0) is 6.54 Å². The maximum Gasteiger partial charge on any atom is 0.283 e. The number of aliphatic hydroxyl groups is 1. The van der Waals surface area contributed by atoms with Crippen LogP contribution in [0.25, 0.3) is 0 Å². The Hall–Kier alpha value is -1.12. The quantitative estimate of drug-likeness (QED) is 0.620. The molecule has 0 spiro atoms. The molecule has 18 heavy (non-hydrogen) atoms. The second-order valence-electron chi connectivity index (χ2n) is 3.54. The number of benzene rings is 1. The molecule has 0 aliphatic carbocycles. The number of nitrogens with one attached hydrogen (secondary N) is 1. The Morgan fingerprint density at radius 3 is 2.72 bits per heavy atom. The van der Waals surface area contributed by atoms with Crippen molar-refractivity contribution in [1.82, 2.24) is 5.32 Å². The molecule has 0 saturated heterocycles. The summed E-state index contributed by atoms with van der Waals surface area (Å²) < 4.78 is 24.3. The molecule has 100 valence electrons. The van der Waals surface area contributed by atoms with Crippen molar-refractivity contribution in [2.45, 2.75) is 19.1 Å². The molecule has 0 radical (unpaired) electrons. The van der Waals surface area contributed by atoms with Gasteiger partial charge in [0.25, 0.3) is 12.1 Å². The zero-order valence-electron chi connectivity index (χ0n) is 9.15. The first-order valence-corrected chi connectivity index (χ1v) is 5.81. The lowest BCUT2D eigenvalue weighted by Crippen LogP contribution is -2.31. The number of hydrogen-bond acceptors (Lipinski definition) is 4. The molecule has 0 amide bonds. The highest BCUT2D eigenvalue weighted by Crippen LogP contribution is 2.28. The van der Waals surface area contributed by atoms with Gasteiger partial charge in [-0.2, -0.15) is 0 Å². The molecule has 1 aromatic carbocycles. The summed E-state index contributed by atoms with van der Waals surface area (Å²) in [6.07, 6.45) is -4.56. The number of nitro groups is 1. The standard InChI is InChI=1S/C10H11BrF2N2O3/c11-9-6(2-1-3-7(9)15(17)18)4-14-5-8(16)10(12)13/h1-3,8,10,14,16H,4-5H2. The van der Waals surface area contributed by atoms with Crippen LogP contribution in [0.2, 0.25) is 0 Å². The number of rotatable bonds is 6. The van der Waals surface area contributed by atoms with E-state index in [9.17, 15) is 18.9 Å². The highest BCUT2D eigenvalue weighted by Gasteiger charge is 2.17. The van der Waals surface area contributed by atoms with Crippen LogP contribution in [0.3, 0.4) is 0 Å². The highest BCUT2D eigenvalue weighted by molar-refractivity contribution is 9.10. The maximum absolute atomic E-state index is 12.0. The molecule has 8 heteroatoms. The maximum atomic E-state index is 12.0. The van der Waals surface area contributed by atoms with Crippen LogP contribution in [0.4, 0.5) is 14.5 Å². The molecule has 0 aromatic heterocycles. The summed E-state index contributed by atoms with van der Waals surface area (Å²) >= 11 is 3.09. The van der Waals surface area contributed by atoms with Gasteiger partial charge in [-0.25, -0.2) is 8.78 Å². The van der Waals surface area contributed by atoms with E-state index in [0.29, 0.717) is 10.0 Å². The Bertz CT molecular complexity index is 432. The summed E-state index contributed by atoms with van der Waals surface area (Å²) in [6.45, 7) is -0.140. The summed E-state index contributed by atoms with van der Waals surface area (Å²) in [5.41, 5.74) is 0.467. The fourth-order valence-corrected chi connectivity index (χ4v) is 1.84. The number of halogens is 3. The minimum absolute atomic E-state index is 0.0938. The molecule has 1 aromatic rings. The van der Waals surface area contributed by atoms with Crippen molar-refractivity contribution < 1.29 is 18.8 Å². The van der Waals surface area contributed by atoms with Crippen LogP contribution < -0.4 is 5.32 Å². The number of nitrogens with zero attached hydrogens (tertiary/aromatic N) is 1. The summed E-state index contributed by atoms with van der Waals surface area (Å²) in [6, 6.07) is 4.46. The van der Waals surface area contributed by atoms with Crippen molar-refractivity contribution in [2.75, 3.05) is 6.54 Å². The van der Waals surface area contributed by atoms with Crippen molar-refractivity contribution in [1.29, 1.82) is 0 Å². The predicted molar refractivity (Wildman–Crippen MR) is 64.5 cm³/mol. The SMILES string of the molecule is O=[N+]([O-])c1cccc(CNCC(O)C(F)F)c1Br. The Balaban J connectivity index is 2.63. The van der Waals surface area contributed by atoms with E-state index < -0.39 is 17.5 Å². The van der Waals surface area contributed by atoms with Crippen LogP contribution in [0.1, 0.15) is 5.56 Å². The largest absolute Gasteiger partial charge is 0.386 e. The van der Waals surface area contributed by atoms with E-state index >= 15 is 0 Å². The normalized spacial score (nSPS) is 12.7. The first kappa shape index (κ1) is 14.9. The molecule has 5 nitrogen and oxygen atoms in total. The van der Waals surface area contributed by atoms with Crippen molar-refractivity contribution in [3.8, 4) is 0 Å². The molecule has 0 heterocycles. The van der Waals surface area contributed by atoms with Crippen LogP contribution in [0.15, 0.2) is 22.7 Å². The number of aliphatic hydroxyl groups excluding tert-OH is 1. The van der Waals surface area contributed by atoms with E-state index in [1.807, 2.05) is 0 Å². The summed E-state index contributed by atoms with van der Waals surface area (Å²) in [5.74, 6) is 0. The zero-order valence-corrected chi connectivity index (χ0v) is 10.7. The Morgan fingerprint density at radius 2 is 2.17 bits per heavy atom. The van der Waals surface area contributed by atoms with Crippen LogP contribution in [0, 0.1) is 10.1 Å². The van der Waals surface area contributed by atoms with Crippen LogP contribution >= 0.6 is 15.9 Å². The highest BCUT2D eigenvalue weighted by atomic mass is 79.9. The van der Waals surface area contributed by atoms with Gasteiger partial charge in [0, 0.05) is 19.2 Å². The molecule has 0 fully saturated rings. The molecule has 0 bridgehead atoms. The third kappa shape index (κ3) is 3.97. The predicted octanol–water partition coefficient (Wildman–Crippen LogP) is 2.07. The van der Waals surface area contributed by atoms with E-state index in [0.717, 1.165) is 0 Å². The number of alkyl halides is 2. The summed E-state index contributed by atoms with van der Waals surface area (Å²) in [4.78, 5) is 10.1. The fourth-order valence-electron chi connectivity index (χ4n) is 1.29. The van der Waals surface area contributed by atoms with Crippen molar-refractivity contribution in [3.05, 3.63) is 38.3 Å². The van der Waals surface area contributed by atoms with E-state index in [-0.39, 0.29) is 18.8 Å². The minimum Gasteiger partial charge on any atom is -0.386 e. The van der Waals surface area contributed by atoms with Gasteiger partial charge in [0.1, 0.15) is 6.10 Å². The average molecular weight is 325 g/mol. The van der Waals surface area contributed by atoms with E-state index in [2.05, 4.69) is 21.2 Å². The molecule has 1 unspecified atom stereocenters. The molecule has 1 atom stereocenters. The van der Waals surface area contributed by atoms with Crippen LogP contribution in [-0.4, -0.2) is 29.1 Å². The summed E-state index contributed by atoms with van der Waals surface area (Å²) in [5, 5.41) is 22.2. The first-order valence-electron chi connectivity index (χ1n) is 5.02. The lowest BCUT2D eigenvalue weighted by Gasteiger charge is -2.11. The smallest absolute Gasteiger partial charge is 0.283 e. The average Bonchev–Trinajstić information content (AvgIpc) is 2.30. The van der Waals surface area contributed by atoms with Gasteiger partial charge in [0.05, 0.1) is 9.40 Å². The lowest BCUT2D eigenvalue weighted by molar-refractivity contribution is -0.385. The van der Waals surface area contributed by atoms with Gasteiger partial charge in [-0.1, -0.05) is 12.1 Å². The third-order valence-corrected chi connectivity index (χ3v) is 3.13. The lowest BCUT2D eigenvalue weighted by atomic mass is 10.2. The number of nitro benzene ring substituents is 1. The van der Waals surface area contributed by atoms with Crippen molar-refractivity contribution in [2.24, 2.45) is 0 Å². The van der Waals surface area contributed by atoms with Gasteiger partial charge in [0.2, 0.25) is 0 Å². The van der Waals surface area contributed by atoms with Gasteiger partial charge in [0.15, 0.2) is 0 Å². The molecular formula is C10H11BrF2N2O3. The molecule has 2 N–H and O–H groups in total. The second kappa shape index (κ2) is 6.72. The monoisotopic (exact) mass is 324 g/mol. The molecule has 0 saturated carbocycles. The molecule has 1 rings (SSSR count). The van der Waals surface area contributed by atoms with Crippen molar-refractivity contribution >= 4 is 21.6 Å². The van der Waals surface area contributed by atoms with Gasteiger partial charge in [-0.15, -0.1) is 0 Å². The van der Waals surface area contributed by atoms with Gasteiger partial charge >= 0.3 is 0 Å². The van der Waals surface area contributed by atoms with Crippen LogP contribution in [0.5, 0.6) is 0 Å². The van der Waals surface area contributed by atoms with Gasteiger partial charge in [-0.3, -0.25) is 10.1 Å². The van der Waals surface area contributed by atoms with E-state index in [4.69, 9.17) is 5.11 Å². The fraction of sp³-hybridized carbons (Fsp3) is 0.400. The Kier molecular flexibility index (Phi) is 5.57. The first-order chi connectivity index (χ1) is 8.43. The van der Waals surface area contributed by atoms with E-state index in [1.165, 1.54) is 12.1 Å². The van der Waals surface area contributed by atoms with E-state index in [1.54, 1.807) is 6.07 Å². The topological polar surface area (TPSA) is 75.4 Å². The Labute approximate surface area is 110 Å². The third-order valence-electron chi connectivity index (χ3n) is 2.21. The Morgan fingerprint density at radius 1 is 1.50 bits per heavy atom. The molecule has 0 aliphatic rings. The van der Waals surface area contributed by atoms with Crippen molar-refractivity contribution in [3.63, 3.8) is 0 Å². The number of hydrogen-bond donors (Lipinski definition) is 2. The minimum atomic E-state index is -2.81. The summed E-state index contributed by atoms with van der Waals surface area (Å²) in [7, 11) is 0. The zero-order chi connectivity index (χ0) is 13.7. The van der Waals surface area contributed by atoms with Gasteiger partial charge in [-0.05, 0) is 21.5 Å².